The summed E-state index contributed by atoms with van der Waals surface area (Å²) >= 11 is 0. The van der Waals surface area contributed by atoms with Gasteiger partial charge in [-0.2, -0.15) is 5.10 Å². The Morgan fingerprint density at radius 1 is 1.05 bits per heavy atom. The molecular weight excluding hydrogens is 560 g/mol. The molecule has 2 heterocycles. The van der Waals surface area contributed by atoms with Crippen molar-refractivity contribution in [3.8, 4) is 22.8 Å². The molecule has 0 saturated heterocycles. The summed E-state index contributed by atoms with van der Waals surface area (Å²) in [6.07, 6.45) is 1.32. The molecule has 0 spiro atoms. The van der Waals surface area contributed by atoms with Crippen molar-refractivity contribution < 1.29 is 42.5 Å². The maximum Gasteiger partial charge on any atom is 0.338 e. The first kappa shape index (κ1) is 30.4. The largest absolute Gasteiger partial charge is 0.493 e. The minimum Gasteiger partial charge on any atom is -0.493 e. The predicted molar refractivity (Wildman–Crippen MR) is 153 cm³/mol. The number of amides is 3. The van der Waals surface area contributed by atoms with Crippen molar-refractivity contribution in [1.29, 1.82) is 0 Å². The molecule has 0 unspecified atom stereocenters. The molecule has 1 aromatic heterocycles. The van der Waals surface area contributed by atoms with E-state index < -0.39 is 29.9 Å². The number of carbonyl (C=O) groups is 4. The Kier molecular flexibility index (Phi) is 9.78. The van der Waals surface area contributed by atoms with E-state index >= 15 is 0 Å². The molecule has 224 valence electrons. The quantitative estimate of drug-likeness (QED) is 0.172. The molecule has 0 aliphatic carbocycles. The van der Waals surface area contributed by atoms with E-state index in [0.29, 0.717) is 33.9 Å². The van der Waals surface area contributed by atoms with E-state index in [9.17, 15) is 19.2 Å². The van der Waals surface area contributed by atoms with Gasteiger partial charge in [-0.3, -0.25) is 4.79 Å². The molecule has 4 rings (SSSR count). The summed E-state index contributed by atoms with van der Waals surface area (Å²) in [4.78, 5) is 48.8. The Balaban J connectivity index is 1.37. The van der Waals surface area contributed by atoms with E-state index in [2.05, 4.69) is 21.2 Å². The van der Waals surface area contributed by atoms with Crippen LogP contribution >= 0.6 is 0 Å². The SMILES string of the molecule is CCOC(=O)C1=C(C)NC(=O)N[C@@H]1c1ccc(OCC(=O)N/N=C\c2ccc(-c3cccc(C(=O)OC)c3)o2)c(OC)c1. The van der Waals surface area contributed by atoms with Crippen LogP contribution in [0.15, 0.2) is 75.4 Å². The molecule has 43 heavy (non-hydrogen) atoms. The predicted octanol–water partition coefficient (Wildman–Crippen LogP) is 3.46. The van der Waals surface area contributed by atoms with Crippen LogP contribution < -0.4 is 25.5 Å². The Bertz CT molecular complexity index is 1590. The summed E-state index contributed by atoms with van der Waals surface area (Å²) in [7, 11) is 2.73. The van der Waals surface area contributed by atoms with Crippen LogP contribution in [0.1, 0.15) is 41.6 Å². The van der Waals surface area contributed by atoms with Crippen molar-refractivity contribution in [2.45, 2.75) is 19.9 Å². The van der Waals surface area contributed by atoms with Crippen LogP contribution in [-0.4, -0.2) is 57.5 Å². The van der Waals surface area contributed by atoms with E-state index in [1.165, 1.54) is 20.4 Å². The van der Waals surface area contributed by atoms with Gasteiger partial charge in [0.2, 0.25) is 0 Å². The number of hydrazone groups is 1. The van der Waals surface area contributed by atoms with Crippen molar-refractivity contribution in [1.82, 2.24) is 16.1 Å². The highest BCUT2D eigenvalue weighted by molar-refractivity contribution is 5.95. The minimum absolute atomic E-state index is 0.175. The summed E-state index contributed by atoms with van der Waals surface area (Å²) < 4.78 is 26.7. The first-order chi connectivity index (χ1) is 20.7. The number of nitrogens with one attached hydrogen (secondary N) is 3. The molecule has 0 bridgehead atoms. The number of esters is 2. The normalized spacial score (nSPS) is 14.5. The van der Waals surface area contributed by atoms with Crippen molar-refractivity contribution in [3.63, 3.8) is 0 Å². The summed E-state index contributed by atoms with van der Waals surface area (Å²) in [6, 6.07) is 13.7. The van der Waals surface area contributed by atoms with E-state index in [4.69, 9.17) is 23.4 Å². The summed E-state index contributed by atoms with van der Waals surface area (Å²) in [5, 5.41) is 9.19. The Hall–Kier alpha value is -5.59. The Labute approximate surface area is 246 Å². The fourth-order valence-electron chi connectivity index (χ4n) is 4.24. The second kappa shape index (κ2) is 13.9. The van der Waals surface area contributed by atoms with Crippen LogP contribution in [0, 0.1) is 0 Å². The van der Waals surface area contributed by atoms with Gasteiger partial charge in [-0.1, -0.05) is 18.2 Å². The molecule has 3 N–H and O–H groups in total. The maximum absolute atomic E-state index is 12.6. The molecule has 2 aromatic carbocycles. The van der Waals surface area contributed by atoms with Gasteiger partial charge in [0, 0.05) is 11.3 Å². The average Bonchev–Trinajstić information content (AvgIpc) is 3.48. The van der Waals surface area contributed by atoms with Gasteiger partial charge < -0.3 is 34.0 Å². The first-order valence-electron chi connectivity index (χ1n) is 13.1. The zero-order chi connectivity index (χ0) is 30.9. The molecule has 1 atom stereocenters. The average molecular weight is 591 g/mol. The Morgan fingerprint density at radius 3 is 2.60 bits per heavy atom. The molecular formula is C30H30N4O9. The van der Waals surface area contributed by atoms with Gasteiger partial charge >= 0.3 is 18.0 Å². The summed E-state index contributed by atoms with van der Waals surface area (Å²) in [5.74, 6) is -0.161. The van der Waals surface area contributed by atoms with Gasteiger partial charge in [0.1, 0.15) is 11.5 Å². The lowest BCUT2D eigenvalue weighted by Gasteiger charge is -2.28. The highest BCUT2D eigenvalue weighted by Gasteiger charge is 2.32. The third-order valence-electron chi connectivity index (χ3n) is 6.22. The van der Waals surface area contributed by atoms with Crippen molar-refractivity contribution >= 4 is 30.1 Å². The number of carbonyl (C=O) groups excluding carboxylic acids is 4. The fourth-order valence-corrected chi connectivity index (χ4v) is 4.24. The second-order valence-corrected chi connectivity index (χ2v) is 9.06. The smallest absolute Gasteiger partial charge is 0.338 e. The van der Waals surface area contributed by atoms with Crippen molar-refractivity contribution in [3.05, 3.63) is 82.8 Å². The van der Waals surface area contributed by atoms with Gasteiger partial charge in [0.15, 0.2) is 18.1 Å². The van der Waals surface area contributed by atoms with Crippen LogP contribution in [0.2, 0.25) is 0 Å². The van der Waals surface area contributed by atoms with E-state index in [-0.39, 0.29) is 30.3 Å². The highest BCUT2D eigenvalue weighted by atomic mass is 16.5. The van der Waals surface area contributed by atoms with E-state index in [1.54, 1.807) is 68.4 Å². The molecule has 3 aromatic rings. The molecule has 0 radical (unpaired) electrons. The molecule has 0 fully saturated rings. The third kappa shape index (κ3) is 7.38. The monoisotopic (exact) mass is 590 g/mol. The number of methoxy groups -OCH3 is 2. The molecule has 1 aliphatic heterocycles. The lowest BCUT2D eigenvalue weighted by atomic mass is 9.95. The molecule has 3 amide bonds. The van der Waals surface area contributed by atoms with Gasteiger partial charge in [0.05, 0.1) is 44.2 Å². The number of allylic oxidation sites excluding steroid dienone is 1. The topological polar surface area (TPSA) is 167 Å². The van der Waals surface area contributed by atoms with Crippen molar-refractivity contribution in [2.24, 2.45) is 5.10 Å². The number of hydrogen-bond acceptors (Lipinski definition) is 10. The van der Waals surface area contributed by atoms with Crippen LogP contribution in [-0.2, 0) is 19.1 Å². The number of hydrogen-bond donors (Lipinski definition) is 3. The number of urea groups is 1. The molecule has 13 nitrogen and oxygen atoms in total. The number of ether oxygens (including phenoxy) is 4. The molecule has 0 saturated carbocycles. The third-order valence-corrected chi connectivity index (χ3v) is 6.22. The number of furan rings is 1. The van der Waals surface area contributed by atoms with Gasteiger partial charge in [-0.15, -0.1) is 0 Å². The lowest BCUT2D eigenvalue weighted by Crippen LogP contribution is -2.45. The molecule has 13 heteroatoms. The minimum atomic E-state index is -0.785. The summed E-state index contributed by atoms with van der Waals surface area (Å²) in [5.41, 5.74) is 4.59. The fraction of sp³-hybridized carbons (Fsp3) is 0.233. The van der Waals surface area contributed by atoms with Crippen LogP contribution in [0.25, 0.3) is 11.3 Å². The van der Waals surface area contributed by atoms with Gasteiger partial charge in [0.25, 0.3) is 5.91 Å². The highest BCUT2D eigenvalue weighted by Crippen LogP contribution is 2.34. The van der Waals surface area contributed by atoms with Crippen LogP contribution in [0.5, 0.6) is 11.5 Å². The van der Waals surface area contributed by atoms with Crippen LogP contribution in [0.3, 0.4) is 0 Å². The number of rotatable bonds is 11. The zero-order valence-electron chi connectivity index (χ0n) is 23.9. The number of nitrogens with zero attached hydrogens (tertiary/aromatic N) is 1. The van der Waals surface area contributed by atoms with Crippen LogP contribution in [0.4, 0.5) is 4.79 Å². The molecule has 1 aliphatic rings. The second-order valence-electron chi connectivity index (χ2n) is 9.06. The lowest BCUT2D eigenvalue weighted by molar-refractivity contribution is -0.139. The van der Waals surface area contributed by atoms with Gasteiger partial charge in [-0.05, 0) is 55.8 Å². The van der Waals surface area contributed by atoms with Crippen molar-refractivity contribution in [2.75, 3.05) is 27.4 Å². The first-order valence-corrected chi connectivity index (χ1v) is 13.1. The number of benzene rings is 2. The Morgan fingerprint density at radius 2 is 1.86 bits per heavy atom. The summed E-state index contributed by atoms with van der Waals surface area (Å²) in [6.45, 7) is 3.10. The standard InChI is InChI=1S/C30H30N4O9/c1-5-41-29(37)26-17(2)32-30(38)33-27(26)19-9-11-23(24(14-19)39-3)42-16-25(35)34-31-15-21-10-12-22(43-21)18-7-6-8-20(13-18)28(36)40-4/h6-15,27H,5,16H2,1-4H3,(H,34,35)(H2,32,33,38)/b31-15-/t27-/m1/s1. The zero-order valence-corrected chi connectivity index (χ0v) is 23.9. The maximum atomic E-state index is 12.6. The van der Waals surface area contributed by atoms with Gasteiger partial charge in [-0.25, -0.2) is 19.8 Å². The van der Waals surface area contributed by atoms with E-state index in [1.807, 2.05) is 0 Å². The van der Waals surface area contributed by atoms with E-state index in [0.717, 1.165) is 0 Å².